The maximum atomic E-state index is 12.9. The van der Waals surface area contributed by atoms with Crippen molar-refractivity contribution < 1.29 is 74.1 Å². The van der Waals surface area contributed by atoms with Crippen molar-refractivity contribution in [2.24, 2.45) is 0 Å². The molecule has 0 amide bonds. The standard InChI is InChI=1S/C31H32O15/c1-41-18-6-12(2-4-15(18)34)29-22(11-42-31-28(40)26(38)24(36)21(10-32)46-31)43-17-5-3-13(7-19(17)44-29)30-27(39)25(37)23-16(35)8-14(33)9-20(23)45-30/h2-9,21-22,24,26-36,38-40H,10-11H2,1H3/t21-,22?,24+,26+,27+,28-,29?,30-,31-/m1/s1. The van der Waals surface area contributed by atoms with Crippen molar-refractivity contribution in [1.82, 2.24) is 0 Å². The number of fused-ring (bicyclic) bond motifs is 2. The van der Waals surface area contributed by atoms with E-state index in [1.54, 1.807) is 6.07 Å². The van der Waals surface area contributed by atoms with Gasteiger partial charge in [-0.3, -0.25) is 4.79 Å². The first-order valence-corrected chi connectivity index (χ1v) is 14.2. The lowest BCUT2D eigenvalue weighted by atomic mass is 9.92. The molecule has 0 aromatic heterocycles. The molecule has 3 aromatic carbocycles. The van der Waals surface area contributed by atoms with E-state index in [9.17, 15) is 45.6 Å². The number of methoxy groups -OCH3 is 1. The van der Waals surface area contributed by atoms with Gasteiger partial charge in [0.1, 0.15) is 47.2 Å². The lowest BCUT2D eigenvalue weighted by Crippen LogP contribution is -2.59. The number of hydrogen-bond acceptors (Lipinski definition) is 15. The first kappa shape index (κ1) is 31.6. The highest BCUT2D eigenvalue weighted by molar-refractivity contribution is 6.05. The molecule has 3 aromatic rings. The minimum absolute atomic E-state index is 0.118. The summed E-state index contributed by atoms with van der Waals surface area (Å²) >= 11 is 0. The van der Waals surface area contributed by atoms with Crippen molar-refractivity contribution in [1.29, 1.82) is 0 Å². The molecular weight excluding hydrogens is 612 g/mol. The maximum absolute atomic E-state index is 12.9. The van der Waals surface area contributed by atoms with Gasteiger partial charge in [0.05, 0.1) is 20.3 Å². The van der Waals surface area contributed by atoms with Crippen LogP contribution in [0, 0.1) is 0 Å². The largest absolute Gasteiger partial charge is 0.508 e. The number of phenolic OH excluding ortho intramolecular Hbond substituents is 3. The summed E-state index contributed by atoms with van der Waals surface area (Å²) in [5, 5.41) is 81.2. The predicted octanol–water partition coefficient (Wildman–Crippen LogP) is 0.187. The van der Waals surface area contributed by atoms with E-state index in [4.69, 9.17) is 28.4 Å². The van der Waals surface area contributed by atoms with Gasteiger partial charge in [-0.1, -0.05) is 12.1 Å². The third kappa shape index (κ3) is 5.62. The molecule has 8 N–H and O–H groups in total. The van der Waals surface area contributed by atoms with Crippen molar-refractivity contribution in [3.63, 3.8) is 0 Å². The fourth-order valence-electron chi connectivity index (χ4n) is 5.66. The zero-order valence-corrected chi connectivity index (χ0v) is 24.2. The van der Waals surface area contributed by atoms with Crippen LogP contribution in [0.4, 0.5) is 0 Å². The van der Waals surface area contributed by atoms with E-state index in [-0.39, 0.29) is 46.7 Å². The van der Waals surface area contributed by atoms with E-state index in [1.165, 1.54) is 37.4 Å². The fraction of sp³-hybridized carbons (Fsp3) is 0.387. The van der Waals surface area contributed by atoms with E-state index < -0.39 is 73.3 Å². The number of benzene rings is 3. The molecule has 9 atom stereocenters. The van der Waals surface area contributed by atoms with Gasteiger partial charge in [0.15, 0.2) is 53.7 Å². The number of carbonyl (C=O) groups excluding carboxylic acids is 1. The quantitative estimate of drug-likeness (QED) is 0.171. The van der Waals surface area contributed by atoms with Gasteiger partial charge < -0.3 is 69.3 Å². The minimum atomic E-state index is -1.71. The highest BCUT2D eigenvalue weighted by Crippen LogP contribution is 2.46. The van der Waals surface area contributed by atoms with Crippen LogP contribution in [0.3, 0.4) is 0 Å². The van der Waals surface area contributed by atoms with E-state index in [2.05, 4.69) is 0 Å². The topological polar surface area (TPSA) is 234 Å². The van der Waals surface area contributed by atoms with Gasteiger partial charge in [0.25, 0.3) is 0 Å². The van der Waals surface area contributed by atoms with Crippen molar-refractivity contribution in [3.05, 3.63) is 65.2 Å². The molecule has 1 fully saturated rings. The molecule has 3 heterocycles. The minimum Gasteiger partial charge on any atom is -0.508 e. The molecule has 3 aliphatic heterocycles. The maximum Gasteiger partial charge on any atom is 0.202 e. The Morgan fingerprint density at radius 2 is 1.46 bits per heavy atom. The van der Waals surface area contributed by atoms with Crippen LogP contribution in [0.2, 0.25) is 0 Å². The van der Waals surface area contributed by atoms with Gasteiger partial charge >= 0.3 is 0 Å². The Labute approximate surface area is 260 Å². The molecule has 46 heavy (non-hydrogen) atoms. The smallest absolute Gasteiger partial charge is 0.202 e. The van der Waals surface area contributed by atoms with Gasteiger partial charge in [0, 0.05) is 17.7 Å². The number of Topliss-reactive ketones (excluding diaryl/α,β-unsaturated/α-hetero) is 1. The summed E-state index contributed by atoms with van der Waals surface area (Å²) in [6.07, 6.45) is -12.3. The molecule has 246 valence electrons. The Balaban J connectivity index is 1.30. The van der Waals surface area contributed by atoms with Crippen LogP contribution in [0.1, 0.15) is 33.7 Å². The monoisotopic (exact) mass is 644 g/mol. The number of aliphatic hydroxyl groups is 5. The first-order valence-electron chi connectivity index (χ1n) is 14.2. The predicted molar refractivity (Wildman–Crippen MR) is 152 cm³/mol. The second-order valence-electron chi connectivity index (χ2n) is 11.0. The zero-order valence-electron chi connectivity index (χ0n) is 24.2. The highest BCUT2D eigenvalue weighted by Gasteiger charge is 2.45. The summed E-state index contributed by atoms with van der Waals surface area (Å²) in [5.74, 6) is -1.41. The van der Waals surface area contributed by atoms with Crippen LogP contribution in [-0.4, -0.2) is 110 Å². The van der Waals surface area contributed by atoms with Gasteiger partial charge in [-0.15, -0.1) is 0 Å². The number of rotatable bonds is 7. The molecule has 6 rings (SSSR count). The molecule has 0 bridgehead atoms. The highest BCUT2D eigenvalue weighted by atomic mass is 16.7. The van der Waals surface area contributed by atoms with Crippen LogP contribution in [0.15, 0.2) is 48.5 Å². The summed E-state index contributed by atoms with van der Waals surface area (Å²) < 4.78 is 34.8. The lowest BCUT2D eigenvalue weighted by molar-refractivity contribution is -0.305. The van der Waals surface area contributed by atoms with Gasteiger partial charge in [-0.2, -0.15) is 0 Å². The number of ketones is 1. The molecule has 0 saturated carbocycles. The first-order chi connectivity index (χ1) is 22.0. The van der Waals surface area contributed by atoms with Gasteiger partial charge in [-0.05, 0) is 29.8 Å². The molecule has 0 spiro atoms. The second-order valence-corrected chi connectivity index (χ2v) is 11.0. The third-order valence-corrected chi connectivity index (χ3v) is 8.09. The average molecular weight is 645 g/mol. The Kier molecular flexibility index (Phi) is 8.56. The Bertz CT molecular complexity index is 1610. The number of aliphatic hydroxyl groups excluding tert-OH is 5. The molecule has 0 aliphatic carbocycles. The summed E-state index contributed by atoms with van der Waals surface area (Å²) in [7, 11) is 1.37. The van der Waals surface area contributed by atoms with Crippen molar-refractivity contribution in [2.75, 3.05) is 20.3 Å². The summed E-state index contributed by atoms with van der Waals surface area (Å²) in [4.78, 5) is 12.9. The second kappa shape index (κ2) is 12.4. The number of phenols is 3. The number of hydrogen-bond donors (Lipinski definition) is 8. The Hall–Kier alpha value is -4.35. The fourth-order valence-corrected chi connectivity index (χ4v) is 5.66. The van der Waals surface area contributed by atoms with E-state index >= 15 is 0 Å². The Morgan fingerprint density at radius 1 is 0.739 bits per heavy atom. The zero-order chi connectivity index (χ0) is 32.9. The molecule has 15 heteroatoms. The van der Waals surface area contributed by atoms with Crippen molar-refractivity contribution >= 4 is 5.78 Å². The summed E-state index contributed by atoms with van der Waals surface area (Å²) in [5.41, 5.74) is 0.509. The molecule has 0 radical (unpaired) electrons. The van der Waals surface area contributed by atoms with Crippen LogP contribution < -0.4 is 18.9 Å². The molecule has 1 saturated heterocycles. The molecule has 15 nitrogen and oxygen atoms in total. The lowest BCUT2D eigenvalue weighted by Gasteiger charge is -2.41. The normalized spacial score (nSPS) is 30.3. The number of ether oxygens (including phenoxy) is 6. The van der Waals surface area contributed by atoms with Crippen molar-refractivity contribution in [2.45, 2.75) is 55.1 Å². The molecule has 2 unspecified atom stereocenters. The Morgan fingerprint density at radius 3 is 2.20 bits per heavy atom. The van der Waals surface area contributed by atoms with Gasteiger partial charge in [0.2, 0.25) is 5.78 Å². The van der Waals surface area contributed by atoms with E-state index in [0.29, 0.717) is 11.1 Å². The van der Waals surface area contributed by atoms with Crippen LogP contribution in [0.5, 0.6) is 40.2 Å². The molecular formula is C31H32O15. The SMILES string of the molecule is COc1cc(C2Oc3cc([C@H]4Oc5cc(O)cc(O)c5C(=O)[C@@H]4O)ccc3OC2CO[C@@H]2O[C@H](CO)[C@H](O)[C@H](O)[C@H]2O)ccc1O. The third-order valence-electron chi connectivity index (χ3n) is 8.09. The number of aromatic hydroxyl groups is 3. The van der Waals surface area contributed by atoms with E-state index in [1.807, 2.05) is 0 Å². The van der Waals surface area contributed by atoms with Crippen LogP contribution >= 0.6 is 0 Å². The molecule has 3 aliphatic rings. The average Bonchev–Trinajstić information content (AvgIpc) is 3.04. The van der Waals surface area contributed by atoms with Gasteiger partial charge in [-0.25, -0.2) is 0 Å². The van der Waals surface area contributed by atoms with Crippen LogP contribution in [0.25, 0.3) is 0 Å². The summed E-state index contributed by atoms with van der Waals surface area (Å²) in [6.45, 7) is -0.932. The number of carbonyl (C=O) groups is 1. The summed E-state index contributed by atoms with van der Waals surface area (Å²) in [6, 6.07) is 11.1. The van der Waals surface area contributed by atoms with Crippen molar-refractivity contribution in [3.8, 4) is 40.2 Å². The van der Waals surface area contributed by atoms with E-state index in [0.717, 1.165) is 12.1 Å². The van der Waals surface area contributed by atoms with Crippen LogP contribution in [-0.2, 0) is 9.47 Å².